The van der Waals surface area contributed by atoms with Crippen LogP contribution in [-0.2, 0) is 6.42 Å². The van der Waals surface area contributed by atoms with Crippen molar-refractivity contribution in [1.29, 1.82) is 0 Å². The minimum Gasteiger partial charge on any atom is -0.310 e. The minimum absolute atomic E-state index is 0.0322. The van der Waals surface area contributed by atoms with E-state index in [0.717, 1.165) is 34.6 Å². The van der Waals surface area contributed by atoms with Gasteiger partial charge in [-0.05, 0) is 18.9 Å². The van der Waals surface area contributed by atoms with Crippen LogP contribution in [0.5, 0.6) is 0 Å². The van der Waals surface area contributed by atoms with Gasteiger partial charge in [-0.25, -0.2) is 4.98 Å². The second-order valence-electron chi connectivity index (χ2n) is 4.96. The zero-order valence-electron chi connectivity index (χ0n) is 11.6. The maximum absolute atomic E-state index is 12.3. The van der Waals surface area contributed by atoms with Gasteiger partial charge in [0.25, 0.3) is 5.56 Å². The molecular formula is C16H16N2OS. The molecule has 0 saturated carbocycles. The fraction of sp³-hybridized carbons (Fsp3) is 0.250. The third kappa shape index (κ3) is 2.27. The smallest absolute Gasteiger partial charge is 0.260 e. The first-order valence-electron chi connectivity index (χ1n) is 6.76. The van der Waals surface area contributed by atoms with Gasteiger partial charge < -0.3 is 4.98 Å². The number of hydrogen-bond donors (Lipinski definition) is 1. The van der Waals surface area contributed by atoms with E-state index >= 15 is 0 Å². The van der Waals surface area contributed by atoms with Gasteiger partial charge in [-0.3, -0.25) is 4.79 Å². The zero-order chi connectivity index (χ0) is 14.1. The van der Waals surface area contributed by atoms with E-state index in [2.05, 4.69) is 48.1 Å². The largest absolute Gasteiger partial charge is 0.310 e. The van der Waals surface area contributed by atoms with Crippen LogP contribution in [0.2, 0.25) is 0 Å². The Bertz CT molecular complexity index is 799. The molecule has 0 aliphatic heterocycles. The van der Waals surface area contributed by atoms with Crippen LogP contribution in [0.25, 0.3) is 21.3 Å². The summed E-state index contributed by atoms with van der Waals surface area (Å²) >= 11 is 1.54. The Kier molecular flexibility index (Phi) is 3.40. The summed E-state index contributed by atoms with van der Waals surface area (Å²) in [6.07, 6.45) is 1.79. The summed E-state index contributed by atoms with van der Waals surface area (Å²) in [5, 5.41) is 2.73. The van der Waals surface area contributed by atoms with Gasteiger partial charge in [-0.2, -0.15) is 0 Å². The average Bonchev–Trinajstić information content (AvgIpc) is 2.84. The Labute approximate surface area is 121 Å². The number of fused-ring (bicyclic) bond motifs is 1. The molecule has 3 aromatic rings. The van der Waals surface area contributed by atoms with Crippen molar-refractivity contribution in [3.8, 4) is 11.1 Å². The summed E-state index contributed by atoms with van der Waals surface area (Å²) in [7, 11) is 0. The SMILES string of the molecule is CCCc1nc2scc(-c3ccc(C)cc3)c2c(=O)[nH]1. The summed E-state index contributed by atoms with van der Waals surface area (Å²) in [5.74, 6) is 0.780. The summed E-state index contributed by atoms with van der Waals surface area (Å²) in [5.41, 5.74) is 3.22. The fourth-order valence-corrected chi connectivity index (χ4v) is 3.26. The molecule has 0 unspecified atom stereocenters. The molecule has 0 radical (unpaired) electrons. The maximum Gasteiger partial charge on any atom is 0.260 e. The van der Waals surface area contributed by atoms with Gasteiger partial charge in [0.05, 0.1) is 5.39 Å². The Morgan fingerprint density at radius 2 is 2.00 bits per heavy atom. The van der Waals surface area contributed by atoms with Crippen molar-refractivity contribution in [2.45, 2.75) is 26.7 Å². The van der Waals surface area contributed by atoms with Crippen LogP contribution in [0.15, 0.2) is 34.4 Å². The average molecular weight is 284 g/mol. The van der Waals surface area contributed by atoms with E-state index in [1.165, 1.54) is 16.9 Å². The van der Waals surface area contributed by atoms with Gasteiger partial charge in [-0.15, -0.1) is 11.3 Å². The molecule has 0 spiro atoms. The Morgan fingerprint density at radius 3 is 2.70 bits per heavy atom. The number of hydrogen-bond acceptors (Lipinski definition) is 3. The quantitative estimate of drug-likeness (QED) is 0.792. The molecule has 2 aromatic heterocycles. The predicted octanol–water partition coefficient (Wildman–Crippen LogP) is 3.91. The van der Waals surface area contributed by atoms with Crippen molar-refractivity contribution in [1.82, 2.24) is 9.97 Å². The van der Waals surface area contributed by atoms with E-state index in [-0.39, 0.29) is 5.56 Å². The van der Waals surface area contributed by atoms with Gasteiger partial charge in [0.2, 0.25) is 0 Å². The monoisotopic (exact) mass is 284 g/mol. The summed E-state index contributed by atoms with van der Waals surface area (Å²) < 4.78 is 0. The first-order valence-corrected chi connectivity index (χ1v) is 7.64. The van der Waals surface area contributed by atoms with Gasteiger partial charge >= 0.3 is 0 Å². The number of benzene rings is 1. The summed E-state index contributed by atoms with van der Waals surface area (Å²) in [6.45, 7) is 4.14. The lowest BCUT2D eigenvalue weighted by atomic mass is 10.1. The molecule has 0 fully saturated rings. The van der Waals surface area contributed by atoms with Crippen LogP contribution >= 0.6 is 11.3 Å². The molecule has 3 rings (SSSR count). The van der Waals surface area contributed by atoms with E-state index in [1.807, 2.05) is 5.38 Å². The Hall–Kier alpha value is -1.94. The third-order valence-electron chi connectivity index (χ3n) is 3.34. The van der Waals surface area contributed by atoms with Crippen molar-refractivity contribution >= 4 is 21.6 Å². The van der Waals surface area contributed by atoms with E-state index in [1.54, 1.807) is 0 Å². The van der Waals surface area contributed by atoms with Gasteiger partial charge in [0.15, 0.2) is 0 Å². The lowest BCUT2D eigenvalue weighted by Gasteiger charge is -2.01. The standard InChI is InChI=1S/C16H16N2OS/c1-3-4-13-17-15(19)14-12(9-20-16(14)18-13)11-7-5-10(2)6-8-11/h5-9H,3-4H2,1-2H3,(H,17,18,19). The molecule has 3 nitrogen and oxygen atoms in total. The summed E-state index contributed by atoms with van der Waals surface area (Å²) in [4.78, 5) is 20.6. The van der Waals surface area contributed by atoms with Crippen LogP contribution in [0.4, 0.5) is 0 Å². The first kappa shape index (κ1) is 13.1. The van der Waals surface area contributed by atoms with E-state index < -0.39 is 0 Å². The van der Waals surface area contributed by atoms with Crippen molar-refractivity contribution < 1.29 is 0 Å². The number of aromatic nitrogens is 2. The highest BCUT2D eigenvalue weighted by atomic mass is 32.1. The second kappa shape index (κ2) is 5.21. The van der Waals surface area contributed by atoms with E-state index in [0.29, 0.717) is 5.39 Å². The lowest BCUT2D eigenvalue weighted by molar-refractivity contribution is 0.838. The number of nitrogens with one attached hydrogen (secondary N) is 1. The molecule has 1 N–H and O–H groups in total. The van der Waals surface area contributed by atoms with Crippen LogP contribution in [0.1, 0.15) is 24.7 Å². The van der Waals surface area contributed by atoms with Crippen LogP contribution in [-0.4, -0.2) is 9.97 Å². The van der Waals surface area contributed by atoms with Crippen LogP contribution in [0.3, 0.4) is 0 Å². The molecule has 2 heterocycles. The number of nitrogens with zero attached hydrogens (tertiary/aromatic N) is 1. The molecule has 0 saturated heterocycles. The topological polar surface area (TPSA) is 45.8 Å². The minimum atomic E-state index is -0.0322. The van der Waals surface area contributed by atoms with Crippen LogP contribution in [0, 0.1) is 6.92 Å². The van der Waals surface area contributed by atoms with Crippen molar-refractivity contribution in [3.05, 3.63) is 51.4 Å². The second-order valence-corrected chi connectivity index (χ2v) is 5.82. The molecule has 1 aromatic carbocycles. The van der Waals surface area contributed by atoms with Gasteiger partial charge in [-0.1, -0.05) is 36.8 Å². The molecule has 0 aliphatic carbocycles. The number of aryl methyl sites for hydroxylation is 2. The molecule has 0 amide bonds. The van der Waals surface area contributed by atoms with E-state index in [4.69, 9.17) is 0 Å². The number of aromatic amines is 1. The van der Waals surface area contributed by atoms with Crippen molar-refractivity contribution in [3.63, 3.8) is 0 Å². The molecule has 0 atom stereocenters. The molecule has 102 valence electrons. The number of H-pyrrole nitrogens is 1. The highest BCUT2D eigenvalue weighted by Crippen LogP contribution is 2.30. The Balaban J connectivity index is 2.18. The van der Waals surface area contributed by atoms with E-state index in [9.17, 15) is 4.79 Å². The summed E-state index contributed by atoms with van der Waals surface area (Å²) in [6, 6.07) is 8.23. The third-order valence-corrected chi connectivity index (χ3v) is 4.21. The van der Waals surface area contributed by atoms with Crippen LogP contribution < -0.4 is 5.56 Å². The predicted molar refractivity (Wildman–Crippen MR) is 84.4 cm³/mol. The molecule has 4 heteroatoms. The van der Waals surface area contributed by atoms with Crippen molar-refractivity contribution in [2.24, 2.45) is 0 Å². The van der Waals surface area contributed by atoms with Crippen molar-refractivity contribution in [2.75, 3.05) is 0 Å². The van der Waals surface area contributed by atoms with Gasteiger partial charge in [0, 0.05) is 17.4 Å². The maximum atomic E-state index is 12.3. The highest BCUT2D eigenvalue weighted by molar-refractivity contribution is 7.17. The highest BCUT2D eigenvalue weighted by Gasteiger charge is 2.12. The molecule has 0 bridgehead atoms. The normalized spacial score (nSPS) is 11.1. The molecular weight excluding hydrogens is 268 g/mol. The number of thiophene rings is 1. The van der Waals surface area contributed by atoms with Gasteiger partial charge in [0.1, 0.15) is 10.7 Å². The fourth-order valence-electron chi connectivity index (χ4n) is 2.29. The zero-order valence-corrected chi connectivity index (χ0v) is 12.4. The Morgan fingerprint density at radius 1 is 1.25 bits per heavy atom. The molecule has 20 heavy (non-hydrogen) atoms. The molecule has 0 aliphatic rings. The number of rotatable bonds is 3. The lowest BCUT2D eigenvalue weighted by Crippen LogP contribution is -2.11. The first-order chi connectivity index (χ1) is 9.69.